The Balaban J connectivity index is 1.33. The minimum Gasteiger partial charge on any atom is -0.480 e. The summed E-state index contributed by atoms with van der Waals surface area (Å²) >= 11 is 6.00. The molecule has 3 aliphatic heterocycles. The summed E-state index contributed by atoms with van der Waals surface area (Å²) in [7, 11) is -2.85. The van der Waals surface area contributed by atoms with Gasteiger partial charge in [-0.3, -0.25) is 4.79 Å². The van der Waals surface area contributed by atoms with E-state index in [1.54, 1.807) is 6.07 Å². The Morgan fingerprint density at radius 1 is 1.28 bits per heavy atom. The zero-order valence-electron chi connectivity index (χ0n) is 13.9. The fourth-order valence-electron chi connectivity index (χ4n) is 4.10. The molecule has 6 nitrogen and oxygen atoms in total. The van der Waals surface area contributed by atoms with Crippen LogP contribution in [0.5, 0.6) is 5.75 Å². The maximum atomic E-state index is 12.7. The first-order valence-corrected chi connectivity index (χ1v) is 10.9. The number of ether oxygens (including phenoxy) is 1. The lowest BCUT2D eigenvalue weighted by atomic mass is 10.1. The van der Waals surface area contributed by atoms with Crippen molar-refractivity contribution in [2.45, 2.75) is 25.0 Å². The van der Waals surface area contributed by atoms with E-state index in [1.807, 2.05) is 17.0 Å². The minimum absolute atomic E-state index is 0.0189. The molecule has 1 amide bonds. The molecule has 1 aromatic rings. The summed E-state index contributed by atoms with van der Waals surface area (Å²) in [6, 6.07) is 5.63. The predicted molar refractivity (Wildman–Crippen MR) is 93.9 cm³/mol. The molecule has 3 heterocycles. The third-order valence-corrected chi connectivity index (χ3v) is 7.50. The zero-order chi connectivity index (χ0) is 17.6. The number of piperazine rings is 1. The fourth-order valence-corrected chi connectivity index (χ4v) is 6.12. The third kappa shape index (κ3) is 3.50. The molecule has 2 saturated heterocycles. The van der Waals surface area contributed by atoms with E-state index in [9.17, 15) is 13.2 Å². The van der Waals surface area contributed by atoms with Gasteiger partial charge in [0.25, 0.3) is 5.91 Å². The molecule has 0 radical (unpaired) electrons. The summed E-state index contributed by atoms with van der Waals surface area (Å²) in [4.78, 5) is 15.9. The van der Waals surface area contributed by atoms with E-state index >= 15 is 0 Å². The second-order valence-corrected chi connectivity index (χ2v) is 9.81. The number of hydrogen-bond donors (Lipinski definition) is 1. The molecule has 4 rings (SSSR count). The predicted octanol–water partition coefficient (Wildman–Crippen LogP) is -0.442. The van der Waals surface area contributed by atoms with Crippen molar-refractivity contribution >= 4 is 27.3 Å². The molecular formula is C17H22ClN2O4S+. The number of halogens is 1. The van der Waals surface area contributed by atoms with Crippen LogP contribution in [-0.2, 0) is 21.1 Å². The Kier molecular flexibility index (Phi) is 4.42. The first kappa shape index (κ1) is 17.1. The van der Waals surface area contributed by atoms with Gasteiger partial charge in [-0.25, -0.2) is 8.42 Å². The standard InChI is InChI=1S/C17H21ClN2O4S/c18-13-1-2-15-12(9-13)10-16(24-15)17(21)20-6-4-19(5-7-20)14-3-8-25(22,23)11-14/h1-2,9,14,16H,3-8,10-11H2/p+1/t14-,16-/m0/s1. The molecule has 2 atom stereocenters. The van der Waals surface area contributed by atoms with Crippen LogP contribution in [0, 0.1) is 0 Å². The van der Waals surface area contributed by atoms with E-state index in [0.717, 1.165) is 30.8 Å². The van der Waals surface area contributed by atoms with E-state index < -0.39 is 15.9 Å². The van der Waals surface area contributed by atoms with Crippen molar-refractivity contribution < 1.29 is 22.8 Å². The van der Waals surface area contributed by atoms with Crippen LogP contribution in [0.15, 0.2) is 18.2 Å². The van der Waals surface area contributed by atoms with E-state index in [1.165, 1.54) is 4.90 Å². The molecule has 0 saturated carbocycles. The van der Waals surface area contributed by atoms with Gasteiger partial charge < -0.3 is 14.5 Å². The largest absolute Gasteiger partial charge is 0.480 e. The smallest absolute Gasteiger partial charge is 0.264 e. The van der Waals surface area contributed by atoms with Crippen molar-refractivity contribution in [2.75, 3.05) is 37.7 Å². The number of amides is 1. The molecule has 0 aliphatic carbocycles. The third-order valence-electron chi connectivity index (χ3n) is 5.50. The van der Waals surface area contributed by atoms with Gasteiger partial charge in [0, 0.05) is 17.9 Å². The lowest BCUT2D eigenvalue weighted by Gasteiger charge is -2.35. The lowest BCUT2D eigenvalue weighted by molar-refractivity contribution is -0.925. The van der Waals surface area contributed by atoms with Gasteiger partial charge in [0.15, 0.2) is 15.9 Å². The fraction of sp³-hybridized carbons (Fsp3) is 0.588. The highest BCUT2D eigenvalue weighted by Crippen LogP contribution is 2.31. The average Bonchev–Trinajstić information content (AvgIpc) is 3.17. The van der Waals surface area contributed by atoms with Gasteiger partial charge in [-0.15, -0.1) is 0 Å². The van der Waals surface area contributed by atoms with Gasteiger partial charge in [0.05, 0.1) is 31.9 Å². The van der Waals surface area contributed by atoms with Crippen molar-refractivity contribution in [1.29, 1.82) is 0 Å². The Labute approximate surface area is 152 Å². The van der Waals surface area contributed by atoms with Crippen LogP contribution in [0.4, 0.5) is 0 Å². The van der Waals surface area contributed by atoms with Gasteiger partial charge in [-0.2, -0.15) is 0 Å². The molecule has 0 aromatic heterocycles. The molecule has 25 heavy (non-hydrogen) atoms. The maximum Gasteiger partial charge on any atom is 0.264 e. The summed E-state index contributed by atoms with van der Waals surface area (Å²) in [6.45, 7) is 2.91. The van der Waals surface area contributed by atoms with Crippen molar-refractivity contribution in [3.8, 4) is 5.75 Å². The molecule has 3 aliphatic rings. The lowest BCUT2D eigenvalue weighted by Crippen LogP contribution is -3.18. The summed E-state index contributed by atoms with van der Waals surface area (Å²) in [5.74, 6) is 1.35. The van der Waals surface area contributed by atoms with E-state index in [2.05, 4.69) is 0 Å². The first-order chi connectivity index (χ1) is 11.9. The molecule has 0 bridgehead atoms. The number of carbonyl (C=O) groups excluding carboxylic acids is 1. The van der Waals surface area contributed by atoms with Gasteiger partial charge >= 0.3 is 0 Å². The van der Waals surface area contributed by atoms with Crippen molar-refractivity contribution in [1.82, 2.24) is 4.90 Å². The van der Waals surface area contributed by atoms with E-state index in [4.69, 9.17) is 16.3 Å². The van der Waals surface area contributed by atoms with Crippen LogP contribution in [0.2, 0.25) is 5.02 Å². The van der Waals surface area contributed by atoms with Crippen LogP contribution in [0.25, 0.3) is 0 Å². The quantitative estimate of drug-likeness (QED) is 0.749. The number of rotatable bonds is 2. The highest BCUT2D eigenvalue weighted by molar-refractivity contribution is 7.91. The van der Waals surface area contributed by atoms with Gasteiger partial charge in [-0.05, 0) is 23.8 Å². The SMILES string of the molecule is O=C([C@@H]1Cc2cc(Cl)ccc2O1)N1CC[NH+]([C@H]2CCS(=O)(=O)C2)CC1. The maximum absolute atomic E-state index is 12.7. The Morgan fingerprint density at radius 3 is 2.72 bits per heavy atom. The normalized spacial score (nSPS) is 28.6. The number of nitrogens with zero attached hydrogens (tertiary/aromatic N) is 1. The van der Waals surface area contributed by atoms with Crippen LogP contribution in [0.3, 0.4) is 0 Å². The summed E-state index contributed by atoms with van der Waals surface area (Å²) in [5, 5.41) is 0.652. The van der Waals surface area contributed by atoms with E-state index in [0.29, 0.717) is 30.3 Å². The van der Waals surface area contributed by atoms with Crippen LogP contribution >= 0.6 is 11.6 Å². The summed E-state index contributed by atoms with van der Waals surface area (Å²) < 4.78 is 29.1. The van der Waals surface area contributed by atoms with Crippen LogP contribution < -0.4 is 9.64 Å². The topological polar surface area (TPSA) is 68.1 Å². The Bertz CT molecular complexity index is 790. The zero-order valence-corrected chi connectivity index (χ0v) is 15.5. The Morgan fingerprint density at radius 2 is 2.04 bits per heavy atom. The van der Waals surface area contributed by atoms with Gasteiger partial charge in [-0.1, -0.05) is 11.6 Å². The number of carbonyl (C=O) groups is 1. The summed E-state index contributed by atoms with van der Waals surface area (Å²) in [5.41, 5.74) is 0.978. The Hall–Kier alpha value is -1.31. The van der Waals surface area contributed by atoms with Crippen molar-refractivity contribution in [3.05, 3.63) is 28.8 Å². The van der Waals surface area contributed by atoms with Gasteiger partial charge in [0.2, 0.25) is 0 Å². The molecule has 0 spiro atoms. The summed E-state index contributed by atoms with van der Waals surface area (Å²) in [6.07, 6.45) is 0.831. The molecule has 2 fully saturated rings. The van der Waals surface area contributed by atoms with Gasteiger partial charge in [0.1, 0.15) is 17.5 Å². The number of sulfone groups is 1. The van der Waals surface area contributed by atoms with E-state index in [-0.39, 0.29) is 17.7 Å². The molecule has 8 heteroatoms. The molecule has 1 aromatic carbocycles. The van der Waals surface area contributed by atoms with Crippen molar-refractivity contribution in [2.24, 2.45) is 0 Å². The molecule has 136 valence electrons. The number of quaternary nitrogens is 1. The highest BCUT2D eigenvalue weighted by atomic mass is 35.5. The first-order valence-electron chi connectivity index (χ1n) is 8.70. The number of nitrogens with one attached hydrogen (secondary N) is 1. The number of hydrogen-bond acceptors (Lipinski definition) is 4. The monoisotopic (exact) mass is 385 g/mol. The van der Waals surface area contributed by atoms with Crippen LogP contribution in [-0.4, -0.2) is 69.1 Å². The minimum atomic E-state index is -2.85. The van der Waals surface area contributed by atoms with Crippen LogP contribution in [0.1, 0.15) is 12.0 Å². The second-order valence-electron chi connectivity index (χ2n) is 7.15. The molecular weight excluding hydrogens is 364 g/mol. The number of benzene rings is 1. The second kappa shape index (κ2) is 6.45. The van der Waals surface area contributed by atoms with Crippen molar-refractivity contribution in [3.63, 3.8) is 0 Å². The highest BCUT2D eigenvalue weighted by Gasteiger charge is 2.39. The average molecular weight is 386 g/mol. The molecule has 1 N–H and O–H groups in total. The molecule has 0 unspecified atom stereocenters. The number of fused-ring (bicyclic) bond motifs is 1.